The van der Waals surface area contributed by atoms with Gasteiger partial charge in [-0.05, 0) is 6.07 Å². The lowest BCUT2D eigenvalue weighted by Crippen LogP contribution is -1.99. The topological polar surface area (TPSA) is 47.5 Å². The molecule has 0 amide bonds. The fourth-order valence-electron chi connectivity index (χ4n) is 1.08. The third-order valence-electron chi connectivity index (χ3n) is 1.91. The molecule has 78 valence electrons. The first-order valence-electron chi connectivity index (χ1n) is 3.97. The number of hydrogen-bond acceptors (Lipinski definition) is 2. The minimum atomic E-state index is -1.13. The van der Waals surface area contributed by atoms with Crippen LogP contribution in [0.5, 0.6) is 0 Å². The lowest BCUT2D eigenvalue weighted by atomic mass is 10.1. The van der Waals surface area contributed by atoms with Crippen molar-refractivity contribution in [3.05, 3.63) is 50.9 Å². The van der Waals surface area contributed by atoms with E-state index in [1.54, 1.807) is 0 Å². The molecule has 0 aliphatic rings. The molecule has 1 rings (SSSR count). The maximum Gasteiger partial charge on any atom is 0.307 e. The van der Waals surface area contributed by atoms with E-state index in [9.17, 15) is 18.9 Å². The van der Waals surface area contributed by atoms with Crippen molar-refractivity contribution in [1.82, 2.24) is 0 Å². The first-order chi connectivity index (χ1) is 6.97. The summed E-state index contributed by atoms with van der Waals surface area (Å²) in [5, 5.41) is 10.3. The van der Waals surface area contributed by atoms with Gasteiger partial charge in [0.2, 0.25) is 11.9 Å². The molecule has 0 saturated heterocycles. The Balaban J connectivity index is 3.33. The molecule has 0 saturated carbocycles. The summed E-state index contributed by atoms with van der Waals surface area (Å²) < 4.78 is 26.3. The zero-order valence-corrected chi connectivity index (χ0v) is 7.70. The summed E-state index contributed by atoms with van der Waals surface area (Å²) in [6.07, 6.45) is 0. The SMILES string of the molecule is [C-]#[N+]C(C)c1cc(F)c([N+](=O)[O-])cc1F. The van der Waals surface area contributed by atoms with Crippen molar-refractivity contribution in [2.75, 3.05) is 0 Å². The Labute approximate surface area is 84.1 Å². The van der Waals surface area contributed by atoms with Crippen LogP contribution in [0.1, 0.15) is 18.5 Å². The van der Waals surface area contributed by atoms with Gasteiger partial charge in [-0.25, -0.2) is 11.0 Å². The van der Waals surface area contributed by atoms with Crippen LogP contribution in [-0.2, 0) is 0 Å². The summed E-state index contributed by atoms with van der Waals surface area (Å²) in [6, 6.07) is 0.322. The van der Waals surface area contributed by atoms with Crippen molar-refractivity contribution < 1.29 is 13.7 Å². The van der Waals surface area contributed by atoms with Crippen molar-refractivity contribution in [3.8, 4) is 0 Å². The molecule has 0 fully saturated rings. The van der Waals surface area contributed by atoms with E-state index in [-0.39, 0.29) is 5.56 Å². The van der Waals surface area contributed by atoms with E-state index in [1.807, 2.05) is 0 Å². The van der Waals surface area contributed by atoms with Gasteiger partial charge >= 0.3 is 5.69 Å². The zero-order chi connectivity index (χ0) is 11.6. The van der Waals surface area contributed by atoms with Gasteiger partial charge in [0.05, 0.1) is 16.6 Å². The van der Waals surface area contributed by atoms with Crippen LogP contribution in [0.4, 0.5) is 14.5 Å². The zero-order valence-electron chi connectivity index (χ0n) is 7.70. The molecule has 0 aromatic heterocycles. The van der Waals surface area contributed by atoms with E-state index in [1.165, 1.54) is 6.92 Å². The van der Waals surface area contributed by atoms with Crippen molar-refractivity contribution >= 4 is 5.69 Å². The molecule has 1 aromatic rings. The highest BCUT2D eigenvalue weighted by atomic mass is 19.1. The van der Waals surface area contributed by atoms with Gasteiger partial charge in [0, 0.05) is 6.92 Å². The minimum Gasteiger partial charge on any atom is -0.309 e. The fraction of sp³-hybridized carbons (Fsp3) is 0.222. The number of benzene rings is 1. The number of halogens is 2. The van der Waals surface area contributed by atoms with Gasteiger partial charge in [0.15, 0.2) is 0 Å². The van der Waals surface area contributed by atoms with E-state index in [0.29, 0.717) is 12.1 Å². The highest BCUT2D eigenvalue weighted by molar-refractivity contribution is 5.38. The van der Waals surface area contributed by atoms with E-state index in [0.717, 1.165) is 0 Å². The Kier molecular flexibility index (Phi) is 2.95. The molecule has 1 aromatic carbocycles. The first-order valence-corrected chi connectivity index (χ1v) is 3.97. The summed E-state index contributed by atoms with van der Waals surface area (Å²) >= 11 is 0. The van der Waals surface area contributed by atoms with Gasteiger partial charge < -0.3 is 4.85 Å². The lowest BCUT2D eigenvalue weighted by Gasteiger charge is -2.02. The first kappa shape index (κ1) is 11.0. The maximum atomic E-state index is 13.2. The Morgan fingerprint density at radius 1 is 1.47 bits per heavy atom. The predicted molar refractivity (Wildman–Crippen MR) is 48.0 cm³/mol. The summed E-state index contributed by atoms with van der Waals surface area (Å²) in [5.74, 6) is -2.07. The molecule has 0 aliphatic carbocycles. The third kappa shape index (κ3) is 2.07. The normalized spacial score (nSPS) is 11.9. The van der Waals surface area contributed by atoms with Crippen molar-refractivity contribution in [2.24, 2.45) is 0 Å². The average Bonchev–Trinajstić information content (AvgIpc) is 2.19. The quantitative estimate of drug-likeness (QED) is 0.430. The largest absolute Gasteiger partial charge is 0.309 e. The molecule has 0 N–H and O–H groups in total. The van der Waals surface area contributed by atoms with Crippen LogP contribution in [0.15, 0.2) is 12.1 Å². The molecule has 1 unspecified atom stereocenters. The summed E-state index contributed by atoms with van der Waals surface area (Å²) in [5.41, 5.74) is -1.10. The number of hydrogen-bond donors (Lipinski definition) is 0. The molecule has 0 heterocycles. The monoisotopic (exact) mass is 212 g/mol. The van der Waals surface area contributed by atoms with Crippen LogP contribution in [0.2, 0.25) is 0 Å². The van der Waals surface area contributed by atoms with Gasteiger partial charge in [-0.15, -0.1) is 0 Å². The van der Waals surface area contributed by atoms with Crippen molar-refractivity contribution in [3.63, 3.8) is 0 Å². The number of rotatable bonds is 2. The Hall–Kier alpha value is -2.03. The second-order valence-corrected chi connectivity index (χ2v) is 2.89. The van der Waals surface area contributed by atoms with Gasteiger partial charge in [0.1, 0.15) is 5.82 Å². The Bertz CT molecular complexity index is 454. The Morgan fingerprint density at radius 3 is 2.53 bits per heavy atom. The summed E-state index contributed by atoms with van der Waals surface area (Å²) in [4.78, 5) is 12.3. The van der Waals surface area contributed by atoms with Crippen LogP contribution in [0.3, 0.4) is 0 Å². The van der Waals surface area contributed by atoms with Gasteiger partial charge in [0.25, 0.3) is 0 Å². The number of nitro benzene ring substituents is 1. The Morgan fingerprint density at radius 2 is 2.07 bits per heavy atom. The third-order valence-corrected chi connectivity index (χ3v) is 1.91. The molecule has 0 spiro atoms. The highest BCUT2D eigenvalue weighted by Gasteiger charge is 2.23. The average molecular weight is 212 g/mol. The molecule has 6 heteroatoms. The standard InChI is InChI=1S/C9H6F2N2O2/c1-5(12-2)6-3-8(11)9(13(14)15)4-7(6)10/h3-5H,1H3. The van der Waals surface area contributed by atoms with Crippen molar-refractivity contribution in [1.29, 1.82) is 0 Å². The summed E-state index contributed by atoms with van der Waals surface area (Å²) in [6.45, 7) is 8.04. The van der Waals surface area contributed by atoms with Crippen LogP contribution in [0, 0.1) is 28.3 Å². The van der Waals surface area contributed by atoms with Crippen LogP contribution < -0.4 is 0 Å². The second-order valence-electron chi connectivity index (χ2n) is 2.89. The highest BCUT2D eigenvalue weighted by Crippen LogP contribution is 2.26. The van der Waals surface area contributed by atoms with Crippen molar-refractivity contribution in [2.45, 2.75) is 13.0 Å². The van der Waals surface area contributed by atoms with Crippen LogP contribution in [0.25, 0.3) is 4.85 Å². The fourth-order valence-corrected chi connectivity index (χ4v) is 1.08. The predicted octanol–water partition coefficient (Wildman–Crippen LogP) is 2.85. The molecular formula is C9H6F2N2O2. The minimum absolute atomic E-state index is 0.173. The number of nitro groups is 1. The van der Waals surface area contributed by atoms with Gasteiger partial charge in [-0.3, -0.25) is 10.1 Å². The van der Waals surface area contributed by atoms with Crippen LogP contribution >= 0.6 is 0 Å². The molecule has 1 atom stereocenters. The maximum absolute atomic E-state index is 13.2. The van der Waals surface area contributed by atoms with E-state index < -0.39 is 28.3 Å². The van der Waals surface area contributed by atoms with Crippen LogP contribution in [-0.4, -0.2) is 4.92 Å². The van der Waals surface area contributed by atoms with E-state index >= 15 is 0 Å². The van der Waals surface area contributed by atoms with Gasteiger partial charge in [-0.1, -0.05) is 0 Å². The second kappa shape index (κ2) is 4.00. The van der Waals surface area contributed by atoms with E-state index in [2.05, 4.69) is 4.85 Å². The molecular weight excluding hydrogens is 206 g/mol. The molecule has 0 radical (unpaired) electrons. The smallest absolute Gasteiger partial charge is 0.307 e. The molecule has 4 nitrogen and oxygen atoms in total. The van der Waals surface area contributed by atoms with E-state index in [4.69, 9.17) is 6.57 Å². The number of nitrogens with zero attached hydrogens (tertiary/aromatic N) is 2. The molecule has 0 aliphatic heterocycles. The summed E-state index contributed by atoms with van der Waals surface area (Å²) in [7, 11) is 0. The lowest BCUT2D eigenvalue weighted by molar-refractivity contribution is -0.387. The molecule has 15 heavy (non-hydrogen) atoms. The van der Waals surface area contributed by atoms with Gasteiger partial charge in [-0.2, -0.15) is 4.39 Å². The molecule has 0 bridgehead atoms.